The zero-order valence-corrected chi connectivity index (χ0v) is 4.05. The lowest BCUT2D eigenvalue weighted by molar-refractivity contribution is -1.92. The van der Waals surface area contributed by atoms with Crippen molar-refractivity contribution in [3.05, 3.63) is 0 Å². The lowest BCUT2D eigenvalue weighted by Crippen LogP contribution is -2.61. The van der Waals surface area contributed by atoms with Gasteiger partial charge in [0.05, 0.1) is 14.5 Å². The highest BCUT2D eigenvalue weighted by molar-refractivity contribution is 3.82. The van der Waals surface area contributed by atoms with Crippen LogP contribution in [0.15, 0.2) is 0 Å². The minimum absolute atomic E-state index is 0.604. The molecule has 5 nitrogen and oxygen atoms in total. The van der Waals surface area contributed by atoms with Crippen LogP contribution in [-0.2, 0) is 4.29 Å². The molecule has 6 heteroatoms. The molecule has 7 heavy (non-hydrogen) atoms. The first-order valence-electron chi connectivity index (χ1n) is 1.31. The summed E-state index contributed by atoms with van der Waals surface area (Å²) in [6.45, 7) is -0.604. The molecule has 0 aromatic rings. The van der Waals surface area contributed by atoms with Crippen molar-refractivity contribution in [1.29, 1.82) is 0 Å². The molecule has 0 saturated carbocycles. The van der Waals surface area contributed by atoms with E-state index in [2.05, 4.69) is 10.0 Å². The quantitative estimate of drug-likeness (QED) is 0.381. The van der Waals surface area contributed by atoms with E-state index in [9.17, 15) is 14.0 Å². The Bertz CT molecular complexity index is 50.1. The van der Waals surface area contributed by atoms with E-state index in [1.807, 2.05) is 0 Å². The SMILES string of the molecule is NCO[Cl+3]([O-])([O-])[O-]. The summed E-state index contributed by atoms with van der Waals surface area (Å²) in [6.07, 6.45) is 0. The van der Waals surface area contributed by atoms with Crippen molar-refractivity contribution in [1.82, 2.24) is 0 Å². The second kappa shape index (κ2) is 2.41. The lowest BCUT2D eigenvalue weighted by atomic mass is 11.4. The number of hydrogen-bond donors (Lipinski definition) is 1. The summed E-state index contributed by atoms with van der Waals surface area (Å²) in [4.78, 5) is 0. The van der Waals surface area contributed by atoms with Crippen molar-refractivity contribution in [2.75, 3.05) is 6.73 Å². The van der Waals surface area contributed by atoms with E-state index >= 15 is 0 Å². The van der Waals surface area contributed by atoms with Gasteiger partial charge in [-0.15, -0.1) is 0 Å². The normalized spacial score (nSPS) is 12.0. The molecule has 44 valence electrons. The average molecular weight is 129 g/mol. The zero-order valence-electron chi connectivity index (χ0n) is 3.30. The lowest BCUT2D eigenvalue weighted by Gasteiger charge is -2.10. The number of nitrogens with two attached hydrogens (primary N) is 1. The monoisotopic (exact) mass is 129 g/mol. The van der Waals surface area contributed by atoms with Gasteiger partial charge in [-0.2, -0.15) is 14.0 Å². The molecule has 0 heterocycles. The molecular formula is CH4ClNO4. The molecule has 0 atom stereocenters. The van der Waals surface area contributed by atoms with Gasteiger partial charge in [-0.1, -0.05) is 0 Å². The van der Waals surface area contributed by atoms with Crippen LogP contribution in [0.1, 0.15) is 0 Å². The molecule has 0 aromatic heterocycles. The van der Waals surface area contributed by atoms with E-state index in [4.69, 9.17) is 0 Å². The van der Waals surface area contributed by atoms with Crippen LogP contribution >= 0.6 is 0 Å². The summed E-state index contributed by atoms with van der Waals surface area (Å²) in [5.74, 6) is 0. The maximum absolute atomic E-state index is 9.35. The van der Waals surface area contributed by atoms with Crippen molar-refractivity contribution in [3.63, 3.8) is 0 Å². The largest absolute Gasteiger partial charge is 0.295 e. The van der Waals surface area contributed by atoms with Gasteiger partial charge in [0, 0.05) is 0 Å². The molecule has 0 radical (unpaired) electrons. The van der Waals surface area contributed by atoms with Gasteiger partial charge in [0.1, 0.15) is 0 Å². The Morgan fingerprint density at radius 2 is 1.86 bits per heavy atom. The van der Waals surface area contributed by atoms with Crippen LogP contribution in [0.3, 0.4) is 0 Å². The maximum Gasteiger partial charge on any atom is 0.253 e. The molecule has 0 fully saturated rings. The number of halogens is 1. The Morgan fingerprint density at radius 1 is 1.43 bits per heavy atom. The second-order valence-electron chi connectivity index (χ2n) is 0.654. The van der Waals surface area contributed by atoms with Crippen LogP contribution in [0, 0.1) is 10.2 Å². The minimum atomic E-state index is -4.31. The summed E-state index contributed by atoms with van der Waals surface area (Å²) in [5.41, 5.74) is 4.51. The standard InChI is InChI=1S/CH4ClNO4/c3-1-7-2(4,5)6/h1,3H2. The molecule has 0 rings (SSSR count). The van der Waals surface area contributed by atoms with Crippen molar-refractivity contribution in [2.45, 2.75) is 0 Å². The summed E-state index contributed by atoms with van der Waals surface area (Å²) >= 11 is 0. The van der Waals surface area contributed by atoms with Crippen LogP contribution < -0.4 is 19.7 Å². The minimum Gasteiger partial charge on any atom is -0.295 e. The Kier molecular flexibility index (Phi) is 2.44. The highest BCUT2D eigenvalue weighted by Crippen LogP contribution is 1.80. The summed E-state index contributed by atoms with van der Waals surface area (Å²) in [5, 5.41) is 0. The van der Waals surface area contributed by atoms with E-state index in [-0.39, 0.29) is 0 Å². The third-order valence-corrected chi connectivity index (χ3v) is 0.590. The molecule has 0 aromatic carbocycles. The fraction of sp³-hybridized carbons (Fsp3) is 1.00. The summed E-state index contributed by atoms with van der Waals surface area (Å²) < 4.78 is 31.4. The molecular weight excluding hydrogens is 125 g/mol. The van der Waals surface area contributed by atoms with Gasteiger partial charge in [-0.05, 0) is 0 Å². The highest BCUT2D eigenvalue weighted by Gasteiger charge is 2.13. The molecule has 0 saturated heterocycles. The molecule has 0 aliphatic heterocycles. The van der Waals surface area contributed by atoms with Gasteiger partial charge in [0.25, 0.3) is 6.73 Å². The first-order chi connectivity index (χ1) is 3.06. The van der Waals surface area contributed by atoms with E-state index in [0.717, 1.165) is 0 Å². The van der Waals surface area contributed by atoms with E-state index in [1.54, 1.807) is 0 Å². The van der Waals surface area contributed by atoms with Gasteiger partial charge in [-0.3, -0.25) is 5.73 Å². The highest BCUT2D eigenvalue weighted by atomic mass is 35.7. The molecule has 0 spiro atoms. The fourth-order valence-electron chi connectivity index (χ4n) is 0.0772. The smallest absolute Gasteiger partial charge is 0.253 e. The maximum atomic E-state index is 9.35. The van der Waals surface area contributed by atoms with Gasteiger partial charge >= 0.3 is 0 Å². The van der Waals surface area contributed by atoms with Gasteiger partial charge < -0.3 is 0 Å². The molecule has 0 amide bonds. The Balaban J connectivity index is 3.15. The first-order valence-corrected chi connectivity index (χ1v) is 2.55. The first kappa shape index (κ1) is 7.09. The van der Waals surface area contributed by atoms with Crippen LogP contribution in [0.2, 0.25) is 0 Å². The number of hydrogen-bond acceptors (Lipinski definition) is 5. The van der Waals surface area contributed by atoms with Crippen molar-refractivity contribution in [3.8, 4) is 0 Å². The van der Waals surface area contributed by atoms with Crippen LogP contribution in [0.4, 0.5) is 0 Å². The predicted molar refractivity (Wildman–Crippen MR) is 10.1 cm³/mol. The third-order valence-electron chi connectivity index (χ3n) is 0.197. The molecule has 0 aliphatic rings. The topological polar surface area (TPSA) is 104 Å². The number of rotatable bonds is 2. The molecule has 2 N–H and O–H groups in total. The molecule has 0 aliphatic carbocycles. The van der Waals surface area contributed by atoms with Crippen LogP contribution in [0.5, 0.6) is 0 Å². The average Bonchev–Trinajstić information content (AvgIpc) is 1.30. The van der Waals surface area contributed by atoms with Crippen molar-refractivity contribution in [2.24, 2.45) is 5.73 Å². The van der Waals surface area contributed by atoms with Gasteiger partial charge in [0.2, 0.25) is 0 Å². The summed E-state index contributed by atoms with van der Waals surface area (Å²) in [7, 11) is -4.31. The Morgan fingerprint density at radius 3 is 1.86 bits per heavy atom. The third kappa shape index (κ3) is 6.09. The van der Waals surface area contributed by atoms with Crippen molar-refractivity contribution < 1.29 is 28.5 Å². The van der Waals surface area contributed by atoms with E-state index in [1.165, 1.54) is 0 Å². The van der Waals surface area contributed by atoms with E-state index in [0.29, 0.717) is 0 Å². The van der Waals surface area contributed by atoms with Gasteiger partial charge in [-0.25, -0.2) is 0 Å². The van der Waals surface area contributed by atoms with E-state index < -0.39 is 17.0 Å². The Hall–Kier alpha value is 0.0900. The zero-order chi connectivity index (χ0) is 5.91. The Labute approximate surface area is 42.0 Å². The summed E-state index contributed by atoms with van der Waals surface area (Å²) in [6, 6.07) is 0. The van der Waals surface area contributed by atoms with Crippen molar-refractivity contribution >= 4 is 0 Å². The van der Waals surface area contributed by atoms with Crippen LogP contribution in [-0.4, -0.2) is 6.73 Å². The van der Waals surface area contributed by atoms with Gasteiger partial charge in [0.15, 0.2) is 0 Å². The second-order valence-corrected chi connectivity index (χ2v) is 1.63. The van der Waals surface area contributed by atoms with Crippen LogP contribution in [0.25, 0.3) is 0 Å². The molecule has 0 bridgehead atoms. The fourth-order valence-corrected chi connectivity index (χ4v) is 0.231. The molecule has 0 unspecified atom stereocenters. The predicted octanol–water partition coefficient (Wildman–Crippen LogP) is -4.18.